The third-order valence-corrected chi connectivity index (χ3v) is 10.3. The molecule has 1 heterocycles. The van der Waals surface area contributed by atoms with E-state index in [9.17, 15) is 4.79 Å². The lowest BCUT2D eigenvalue weighted by Gasteiger charge is -2.46. The number of hydrogen-bond donors (Lipinski definition) is 0. The molecule has 0 saturated carbocycles. The zero-order chi connectivity index (χ0) is 37.7. The summed E-state index contributed by atoms with van der Waals surface area (Å²) in [6, 6.07) is 49.5. The number of Topliss-reactive ketones (excluding diaryl/α,β-unsaturated/α-hetero) is 1. The highest BCUT2D eigenvalue weighted by Gasteiger charge is 2.49. The molecule has 0 unspecified atom stereocenters. The van der Waals surface area contributed by atoms with E-state index in [1.807, 2.05) is 78.9 Å². The minimum Gasteiger partial charge on any atom is -0.374 e. The molecule has 0 bridgehead atoms. The van der Waals surface area contributed by atoms with Crippen LogP contribution in [-0.2, 0) is 61.3 Å². The molecule has 6 nitrogen and oxygen atoms in total. The second-order valence-corrected chi connectivity index (χ2v) is 14.4. The van der Waals surface area contributed by atoms with Crippen molar-refractivity contribution in [3.63, 3.8) is 0 Å². The van der Waals surface area contributed by atoms with Gasteiger partial charge < -0.3 is 23.7 Å². The Morgan fingerprint density at radius 1 is 0.564 bits per heavy atom. The van der Waals surface area contributed by atoms with Crippen molar-refractivity contribution in [3.8, 4) is 0 Å². The predicted octanol–water partition coefficient (Wildman–Crippen LogP) is 9.88. The topological polar surface area (TPSA) is 63.2 Å². The van der Waals surface area contributed by atoms with Gasteiger partial charge in [-0.1, -0.05) is 163 Å². The third kappa shape index (κ3) is 10.8. The third-order valence-electron chi connectivity index (χ3n) is 10.3. The molecule has 0 N–H and O–H groups in total. The largest absolute Gasteiger partial charge is 0.374 e. The maximum Gasteiger partial charge on any atom is 0.155 e. The van der Waals surface area contributed by atoms with E-state index >= 15 is 0 Å². The zero-order valence-electron chi connectivity index (χ0n) is 31.5. The van der Waals surface area contributed by atoms with Crippen molar-refractivity contribution in [2.75, 3.05) is 6.61 Å². The van der Waals surface area contributed by atoms with Crippen LogP contribution in [0.15, 0.2) is 169 Å². The summed E-state index contributed by atoms with van der Waals surface area (Å²) in [5.74, 6) is 0.144. The second kappa shape index (κ2) is 19.6. The molecule has 0 amide bonds. The molecular weight excluding hydrogens is 685 g/mol. The van der Waals surface area contributed by atoms with E-state index in [0.29, 0.717) is 33.0 Å². The van der Waals surface area contributed by atoms with Crippen molar-refractivity contribution >= 4 is 5.78 Å². The van der Waals surface area contributed by atoms with Crippen LogP contribution in [0.2, 0.25) is 0 Å². The molecule has 0 radical (unpaired) electrons. The number of benzene rings is 5. The van der Waals surface area contributed by atoms with E-state index in [0.717, 1.165) is 52.7 Å². The van der Waals surface area contributed by atoms with Gasteiger partial charge in [-0.2, -0.15) is 0 Å². The molecular formula is C49H50O6. The van der Waals surface area contributed by atoms with E-state index in [4.69, 9.17) is 23.7 Å². The number of rotatable bonds is 17. The summed E-state index contributed by atoms with van der Waals surface area (Å²) in [6.45, 7) is 3.55. The maximum atomic E-state index is 12.0. The van der Waals surface area contributed by atoms with Crippen LogP contribution in [0, 0.1) is 0 Å². The van der Waals surface area contributed by atoms with Crippen molar-refractivity contribution < 1.29 is 28.5 Å². The SMILES string of the molecule is CC(=O)C1=CC=C(Cc2cccc([C@@H]3O[C@H](COCc4ccccc4)[C@@H](OCc4ccccc4)[C@H](OCc4ccccc4)[C@H]3OCc3ccccc3)c2)CC1. The van der Waals surface area contributed by atoms with E-state index in [2.05, 4.69) is 78.9 Å². The summed E-state index contributed by atoms with van der Waals surface area (Å²) < 4.78 is 34.3. The summed E-state index contributed by atoms with van der Waals surface area (Å²) in [4.78, 5) is 12.0. The van der Waals surface area contributed by atoms with Crippen LogP contribution in [0.5, 0.6) is 0 Å². The molecule has 7 rings (SSSR count). The van der Waals surface area contributed by atoms with Gasteiger partial charge in [0, 0.05) is 0 Å². The number of carbonyl (C=O) groups excluding carboxylic acids is 1. The highest BCUT2D eigenvalue weighted by molar-refractivity contribution is 5.93. The van der Waals surface area contributed by atoms with Crippen molar-refractivity contribution in [1.29, 1.82) is 0 Å². The van der Waals surface area contributed by atoms with Crippen LogP contribution < -0.4 is 0 Å². The Balaban J connectivity index is 1.23. The Kier molecular flexibility index (Phi) is 13.6. The average molecular weight is 735 g/mol. The van der Waals surface area contributed by atoms with E-state index in [1.165, 1.54) is 11.1 Å². The fraction of sp³-hybridized carbons (Fsp3) is 0.286. The Labute approximate surface area is 325 Å². The molecule has 1 fully saturated rings. The van der Waals surface area contributed by atoms with E-state index in [-0.39, 0.29) is 5.78 Å². The Hall–Kier alpha value is -4.95. The summed E-state index contributed by atoms with van der Waals surface area (Å²) in [6.07, 6.45) is 4.06. The van der Waals surface area contributed by atoms with Gasteiger partial charge in [0.1, 0.15) is 30.5 Å². The number of ether oxygens (including phenoxy) is 5. The van der Waals surface area contributed by atoms with Gasteiger partial charge in [0.25, 0.3) is 0 Å². The highest BCUT2D eigenvalue weighted by Crippen LogP contribution is 2.39. The molecule has 5 aromatic carbocycles. The highest BCUT2D eigenvalue weighted by atomic mass is 16.6. The zero-order valence-corrected chi connectivity index (χ0v) is 31.5. The fourth-order valence-electron chi connectivity index (χ4n) is 7.32. The summed E-state index contributed by atoms with van der Waals surface area (Å²) >= 11 is 0. The molecule has 0 aromatic heterocycles. The quantitative estimate of drug-likeness (QED) is 0.0948. The first-order chi connectivity index (χ1) is 27.1. The number of hydrogen-bond acceptors (Lipinski definition) is 6. The first-order valence-electron chi connectivity index (χ1n) is 19.3. The van der Waals surface area contributed by atoms with Gasteiger partial charge in [-0.05, 0) is 65.1 Å². The Morgan fingerprint density at radius 3 is 1.60 bits per heavy atom. The van der Waals surface area contributed by atoms with Gasteiger partial charge >= 0.3 is 0 Å². The van der Waals surface area contributed by atoms with Crippen LogP contribution in [0.4, 0.5) is 0 Å². The Morgan fingerprint density at radius 2 is 1.07 bits per heavy atom. The molecule has 2 aliphatic rings. The number of ketones is 1. The molecule has 0 spiro atoms. The standard InChI is InChI=1S/C49H50O6/c1-36(50)43-27-25-37(26-28-43)29-42-23-14-24-44(30-42)46-48(53-33-40-19-10-4-11-20-40)49(54-34-41-21-12-5-13-22-41)47(52-32-39-17-8-3-9-18-39)45(55-46)35-51-31-38-15-6-2-7-16-38/h2-25,27,30,45-49H,26,28-29,31-35H2,1H3/t45-,46+,47-,48+,49+/m1/s1. The first-order valence-corrected chi connectivity index (χ1v) is 19.3. The molecule has 5 aromatic rings. The Bertz CT molecular complexity index is 1990. The molecule has 6 heteroatoms. The second-order valence-electron chi connectivity index (χ2n) is 14.4. The van der Waals surface area contributed by atoms with Gasteiger partial charge in [0.15, 0.2) is 5.78 Å². The van der Waals surface area contributed by atoms with E-state index in [1.54, 1.807) is 6.92 Å². The maximum absolute atomic E-state index is 12.0. The van der Waals surface area contributed by atoms with Crippen molar-refractivity contribution in [2.45, 2.75) is 83.1 Å². The first kappa shape index (κ1) is 38.3. The van der Waals surface area contributed by atoms with Crippen LogP contribution in [0.25, 0.3) is 0 Å². The van der Waals surface area contributed by atoms with Crippen molar-refractivity contribution in [1.82, 2.24) is 0 Å². The van der Waals surface area contributed by atoms with Gasteiger partial charge in [-0.15, -0.1) is 0 Å². The van der Waals surface area contributed by atoms with Crippen LogP contribution in [0.3, 0.4) is 0 Å². The smallest absolute Gasteiger partial charge is 0.155 e. The number of allylic oxidation sites excluding steroid dienone is 4. The van der Waals surface area contributed by atoms with Crippen molar-refractivity contribution in [3.05, 3.63) is 202 Å². The molecule has 55 heavy (non-hydrogen) atoms. The number of carbonyl (C=O) groups is 1. The van der Waals surface area contributed by atoms with Gasteiger partial charge in [-0.3, -0.25) is 4.79 Å². The predicted molar refractivity (Wildman–Crippen MR) is 215 cm³/mol. The molecule has 5 atom stereocenters. The molecule has 1 aliphatic carbocycles. The average Bonchev–Trinajstić information content (AvgIpc) is 3.23. The van der Waals surface area contributed by atoms with Crippen molar-refractivity contribution in [2.24, 2.45) is 0 Å². The lowest BCUT2D eigenvalue weighted by atomic mass is 9.88. The lowest BCUT2D eigenvalue weighted by Crippen LogP contribution is -2.58. The lowest BCUT2D eigenvalue weighted by molar-refractivity contribution is -0.275. The van der Waals surface area contributed by atoms with Crippen LogP contribution >= 0.6 is 0 Å². The summed E-state index contributed by atoms with van der Waals surface area (Å²) in [7, 11) is 0. The van der Waals surface area contributed by atoms with Gasteiger partial charge in [0.05, 0.1) is 33.0 Å². The van der Waals surface area contributed by atoms with Crippen LogP contribution in [0.1, 0.15) is 59.3 Å². The normalized spacial score (nSPS) is 21.1. The summed E-state index contributed by atoms with van der Waals surface area (Å²) in [5, 5.41) is 0. The fourth-order valence-corrected chi connectivity index (χ4v) is 7.32. The summed E-state index contributed by atoms with van der Waals surface area (Å²) in [5.41, 5.74) is 8.65. The minimum absolute atomic E-state index is 0.144. The molecule has 1 saturated heterocycles. The van der Waals surface area contributed by atoms with Crippen LogP contribution in [-0.4, -0.2) is 36.8 Å². The molecule has 282 valence electrons. The molecule has 1 aliphatic heterocycles. The van der Waals surface area contributed by atoms with E-state index < -0.39 is 30.5 Å². The monoisotopic (exact) mass is 734 g/mol. The van der Waals surface area contributed by atoms with Gasteiger partial charge in [0.2, 0.25) is 0 Å². The van der Waals surface area contributed by atoms with Gasteiger partial charge in [-0.25, -0.2) is 0 Å². The minimum atomic E-state index is -0.514.